The fraction of sp³-hybridized carbons (Fsp3) is 0.167. The van der Waals surface area contributed by atoms with E-state index in [1.165, 1.54) is 6.08 Å². The highest BCUT2D eigenvalue weighted by Crippen LogP contribution is 1.96. The van der Waals surface area contributed by atoms with Crippen molar-refractivity contribution in [1.29, 1.82) is 0 Å². The highest BCUT2D eigenvalue weighted by molar-refractivity contribution is 5.33. The number of aliphatic hydroxyl groups is 1. The fourth-order valence-corrected chi connectivity index (χ4v) is 0.862. The summed E-state index contributed by atoms with van der Waals surface area (Å²) in [4.78, 5) is 0. The van der Waals surface area contributed by atoms with Crippen molar-refractivity contribution in [2.75, 3.05) is 0 Å². The van der Waals surface area contributed by atoms with Gasteiger partial charge in [0.15, 0.2) is 0 Å². The smallest absolute Gasteiger partial charge is 0.0827 e. The molecule has 1 N–H and O–H groups in total. The van der Waals surface area contributed by atoms with E-state index in [1.807, 2.05) is 30.3 Å². The average Bonchev–Trinajstić information content (AvgIpc) is 2.19. The van der Waals surface area contributed by atoms with E-state index >= 15 is 0 Å². The first-order chi connectivity index (χ1) is 6.33. The summed E-state index contributed by atoms with van der Waals surface area (Å²) in [5.41, 5.74) is 0.971. The molecule has 1 rings (SSSR count). The first kappa shape index (κ1) is 9.57. The highest BCUT2D eigenvalue weighted by atomic mass is 16.3. The lowest BCUT2D eigenvalue weighted by atomic mass is 10.2. The molecule has 1 heteroatoms. The van der Waals surface area contributed by atoms with Crippen molar-refractivity contribution in [3.63, 3.8) is 0 Å². The second-order valence-electron chi connectivity index (χ2n) is 2.67. The maximum absolute atomic E-state index is 9.12. The van der Waals surface area contributed by atoms with Gasteiger partial charge in [-0.25, -0.2) is 0 Å². The maximum Gasteiger partial charge on any atom is 0.0827 e. The third-order valence-corrected chi connectivity index (χ3v) is 1.59. The molecule has 0 spiro atoms. The van der Waals surface area contributed by atoms with Crippen LogP contribution in [-0.2, 0) is 0 Å². The Balaban J connectivity index is 2.53. The number of hydrogen-bond donors (Lipinski definition) is 1. The Morgan fingerprint density at radius 3 is 2.69 bits per heavy atom. The summed E-state index contributed by atoms with van der Waals surface area (Å²) in [6.07, 6.45) is 1.41. The lowest BCUT2D eigenvalue weighted by Gasteiger charge is -1.95. The van der Waals surface area contributed by atoms with E-state index in [9.17, 15) is 0 Å². The molecule has 0 aliphatic rings. The van der Waals surface area contributed by atoms with Gasteiger partial charge >= 0.3 is 0 Å². The molecule has 0 radical (unpaired) electrons. The van der Waals surface area contributed by atoms with Gasteiger partial charge in [0.1, 0.15) is 0 Å². The minimum Gasteiger partial charge on any atom is -0.388 e. The number of aliphatic hydroxyl groups excluding tert-OH is 1. The fourth-order valence-electron chi connectivity index (χ4n) is 0.862. The van der Waals surface area contributed by atoms with Crippen molar-refractivity contribution >= 4 is 0 Å². The monoisotopic (exact) mass is 172 g/mol. The van der Waals surface area contributed by atoms with Crippen LogP contribution in [-0.4, -0.2) is 11.2 Å². The molecule has 0 aliphatic carbocycles. The van der Waals surface area contributed by atoms with Gasteiger partial charge in [0.2, 0.25) is 0 Å². The molecule has 0 saturated heterocycles. The summed E-state index contributed by atoms with van der Waals surface area (Å²) in [5.74, 6) is 5.83. The number of benzene rings is 1. The van der Waals surface area contributed by atoms with Crippen LogP contribution >= 0.6 is 0 Å². The minimum absolute atomic E-state index is 0.443. The molecule has 0 saturated carbocycles. The standard InChI is InChI=1S/C12H12O/c1-2-12(13)10-6-9-11-7-4-3-5-8-11/h2-5,7-8,12-13H,1,10H2. The minimum atomic E-state index is -0.517. The zero-order valence-corrected chi connectivity index (χ0v) is 7.40. The van der Waals surface area contributed by atoms with Crippen LogP contribution in [0.4, 0.5) is 0 Å². The van der Waals surface area contributed by atoms with Crippen LogP contribution in [0.15, 0.2) is 43.0 Å². The van der Waals surface area contributed by atoms with Crippen LogP contribution in [0, 0.1) is 11.8 Å². The lowest BCUT2D eigenvalue weighted by Crippen LogP contribution is -1.98. The molecule has 66 valence electrons. The van der Waals surface area contributed by atoms with Crippen LogP contribution in [0.1, 0.15) is 12.0 Å². The van der Waals surface area contributed by atoms with Crippen molar-refractivity contribution in [2.45, 2.75) is 12.5 Å². The number of rotatable bonds is 2. The summed E-state index contributed by atoms with van der Waals surface area (Å²) in [7, 11) is 0. The van der Waals surface area contributed by atoms with E-state index in [-0.39, 0.29) is 0 Å². The van der Waals surface area contributed by atoms with E-state index in [1.54, 1.807) is 0 Å². The van der Waals surface area contributed by atoms with Crippen LogP contribution in [0.3, 0.4) is 0 Å². The molecule has 13 heavy (non-hydrogen) atoms. The zero-order valence-electron chi connectivity index (χ0n) is 7.40. The van der Waals surface area contributed by atoms with Crippen LogP contribution in [0.25, 0.3) is 0 Å². The molecule has 0 amide bonds. The Kier molecular flexibility index (Phi) is 3.81. The van der Waals surface area contributed by atoms with Gasteiger partial charge in [-0.15, -0.1) is 6.58 Å². The van der Waals surface area contributed by atoms with Gasteiger partial charge in [0, 0.05) is 12.0 Å². The van der Waals surface area contributed by atoms with E-state index in [4.69, 9.17) is 5.11 Å². The molecule has 0 aromatic heterocycles. The third kappa shape index (κ3) is 3.59. The highest BCUT2D eigenvalue weighted by Gasteiger charge is 1.91. The van der Waals surface area contributed by atoms with Crippen LogP contribution < -0.4 is 0 Å². The Labute approximate surface area is 78.7 Å². The van der Waals surface area contributed by atoms with E-state index in [0.29, 0.717) is 6.42 Å². The van der Waals surface area contributed by atoms with Gasteiger partial charge in [-0.3, -0.25) is 0 Å². The Hall–Kier alpha value is -1.52. The van der Waals surface area contributed by atoms with Crippen LogP contribution in [0.5, 0.6) is 0 Å². The largest absolute Gasteiger partial charge is 0.388 e. The quantitative estimate of drug-likeness (QED) is 0.534. The van der Waals surface area contributed by atoms with Crippen molar-refractivity contribution in [2.24, 2.45) is 0 Å². The Morgan fingerprint density at radius 2 is 2.08 bits per heavy atom. The molecule has 1 unspecified atom stereocenters. The molecule has 1 atom stereocenters. The van der Waals surface area contributed by atoms with Crippen molar-refractivity contribution in [1.82, 2.24) is 0 Å². The molecule has 0 heterocycles. The second-order valence-corrected chi connectivity index (χ2v) is 2.67. The van der Waals surface area contributed by atoms with E-state index in [0.717, 1.165) is 5.56 Å². The molecule has 1 aromatic carbocycles. The molecule has 0 bridgehead atoms. The molecule has 1 aromatic rings. The summed E-state index contributed by atoms with van der Waals surface area (Å²) < 4.78 is 0. The molecule has 0 aliphatic heterocycles. The first-order valence-electron chi connectivity index (χ1n) is 4.17. The molecular weight excluding hydrogens is 160 g/mol. The maximum atomic E-state index is 9.12. The van der Waals surface area contributed by atoms with Gasteiger partial charge in [0.05, 0.1) is 6.10 Å². The van der Waals surface area contributed by atoms with E-state index < -0.39 is 6.10 Å². The number of hydrogen-bond acceptors (Lipinski definition) is 1. The third-order valence-electron chi connectivity index (χ3n) is 1.59. The van der Waals surface area contributed by atoms with Crippen molar-refractivity contribution in [3.05, 3.63) is 48.6 Å². The van der Waals surface area contributed by atoms with Gasteiger partial charge in [-0.1, -0.05) is 36.1 Å². The first-order valence-corrected chi connectivity index (χ1v) is 4.17. The lowest BCUT2D eigenvalue weighted by molar-refractivity contribution is 0.230. The molecule has 0 fully saturated rings. The van der Waals surface area contributed by atoms with Gasteiger partial charge in [-0.2, -0.15) is 0 Å². The van der Waals surface area contributed by atoms with Crippen LogP contribution in [0.2, 0.25) is 0 Å². The van der Waals surface area contributed by atoms with Crippen molar-refractivity contribution in [3.8, 4) is 11.8 Å². The van der Waals surface area contributed by atoms with E-state index in [2.05, 4.69) is 18.4 Å². The predicted molar refractivity (Wildman–Crippen MR) is 54.1 cm³/mol. The summed E-state index contributed by atoms with van der Waals surface area (Å²) in [6.45, 7) is 3.47. The Bertz CT molecular complexity index is 316. The van der Waals surface area contributed by atoms with Gasteiger partial charge in [0.25, 0.3) is 0 Å². The normalized spacial score (nSPS) is 11.2. The topological polar surface area (TPSA) is 20.2 Å². The zero-order chi connectivity index (χ0) is 9.52. The van der Waals surface area contributed by atoms with Gasteiger partial charge in [-0.05, 0) is 12.1 Å². The second kappa shape index (κ2) is 5.18. The van der Waals surface area contributed by atoms with Gasteiger partial charge < -0.3 is 5.11 Å². The van der Waals surface area contributed by atoms with Crippen molar-refractivity contribution < 1.29 is 5.11 Å². The molecule has 1 nitrogen and oxygen atoms in total. The molecular formula is C12H12O. The SMILES string of the molecule is C=CC(O)CC#Cc1ccccc1. The average molecular weight is 172 g/mol. The summed E-state index contributed by atoms with van der Waals surface area (Å²) >= 11 is 0. The Morgan fingerprint density at radius 1 is 1.38 bits per heavy atom. The predicted octanol–water partition coefficient (Wildman–Crippen LogP) is 1.98. The summed E-state index contributed by atoms with van der Waals surface area (Å²) in [5, 5.41) is 9.12. The summed E-state index contributed by atoms with van der Waals surface area (Å²) in [6, 6.07) is 9.70.